The highest BCUT2D eigenvalue weighted by Crippen LogP contribution is 2.18. The Morgan fingerprint density at radius 2 is 2.19 bits per heavy atom. The smallest absolute Gasteiger partial charge is 0.233 e. The number of carbonyl (C=O) groups is 1. The summed E-state index contributed by atoms with van der Waals surface area (Å²) in [5, 5.41) is 8.69. The fraction of sp³-hybridized carbons (Fsp3) is 0.643. The molecule has 1 aromatic rings. The molecule has 0 saturated carbocycles. The number of hydrogen-bond acceptors (Lipinski definition) is 5. The van der Waals surface area contributed by atoms with Gasteiger partial charge in [-0.3, -0.25) is 4.79 Å². The van der Waals surface area contributed by atoms with Gasteiger partial charge in [0, 0.05) is 30.4 Å². The van der Waals surface area contributed by atoms with Crippen LogP contribution in [0, 0.1) is 0 Å². The van der Waals surface area contributed by atoms with E-state index in [2.05, 4.69) is 26.1 Å². The van der Waals surface area contributed by atoms with Crippen LogP contribution in [0.15, 0.2) is 12.1 Å². The summed E-state index contributed by atoms with van der Waals surface area (Å²) in [5.74, 6) is 1.12. The van der Waals surface area contributed by atoms with Crippen LogP contribution in [0.5, 0.6) is 11.8 Å². The van der Waals surface area contributed by atoms with E-state index in [-0.39, 0.29) is 12.0 Å². The zero-order valence-electron chi connectivity index (χ0n) is 12.1. The lowest BCUT2D eigenvalue weighted by molar-refractivity contribution is -0.133. The van der Waals surface area contributed by atoms with E-state index in [9.17, 15) is 4.79 Å². The number of alkyl halides is 1. The average molecular weight is 358 g/mol. The first kappa shape index (κ1) is 16.0. The van der Waals surface area contributed by atoms with Crippen molar-refractivity contribution in [2.75, 3.05) is 25.5 Å². The molecule has 1 aliphatic rings. The first-order valence-corrected chi connectivity index (χ1v) is 8.23. The van der Waals surface area contributed by atoms with Gasteiger partial charge in [-0.15, -0.1) is 10.2 Å². The Bertz CT molecular complexity index is 455. The number of aromatic nitrogens is 2. The Morgan fingerprint density at radius 3 is 2.86 bits per heavy atom. The molecule has 1 fully saturated rings. The molecular formula is C14H20BrN3O3. The Labute approximate surface area is 132 Å². The summed E-state index contributed by atoms with van der Waals surface area (Å²) < 4.78 is 10.8. The van der Waals surface area contributed by atoms with Crippen LogP contribution in [0.25, 0.3) is 0 Å². The molecular weight excluding hydrogens is 338 g/mol. The minimum Gasteiger partial charge on any atom is -0.480 e. The molecule has 1 unspecified atom stereocenters. The van der Waals surface area contributed by atoms with E-state index in [0.29, 0.717) is 24.7 Å². The summed E-state index contributed by atoms with van der Waals surface area (Å²) in [5.41, 5.74) is 0. The minimum absolute atomic E-state index is 0.0191. The van der Waals surface area contributed by atoms with Crippen LogP contribution in [0.2, 0.25) is 0 Å². The second-order valence-electron chi connectivity index (χ2n) is 4.93. The number of likely N-dealkylation sites (tertiary alicyclic amines) is 1. The van der Waals surface area contributed by atoms with Crippen molar-refractivity contribution in [1.29, 1.82) is 0 Å². The molecule has 1 aromatic heterocycles. The molecule has 1 atom stereocenters. The van der Waals surface area contributed by atoms with Gasteiger partial charge in [0.25, 0.3) is 0 Å². The molecule has 21 heavy (non-hydrogen) atoms. The first-order chi connectivity index (χ1) is 10.2. The van der Waals surface area contributed by atoms with Gasteiger partial charge in [-0.2, -0.15) is 0 Å². The normalized spacial score (nSPS) is 18.4. The second-order valence-corrected chi connectivity index (χ2v) is 5.72. The van der Waals surface area contributed by atoms with Crippen molar-refractivity contribution in [3.8, 4) is 11.8 Å². The number of halogens is 1. The maximum atomic E-state index is 12.0. The highest BCUT2D eigenvalue weighted by Gasteiger charge is 2.24. The van der Waals surface area contributed by atoms with Crippen molar-refractivity contribution < 1.29 is 14.3 Å². The monoisotopic (exact) mass is 357 g/mol. The molecule has 2 rings (SSSR count). The van der Waals surface area contributed by atoms with Crippen LogP contribution in [0.1, 0.15) is 25.7 Å². The van der Waals surface area contributed by atoms with Crippen LogP contribution in [0.3, 0.4) is 0 Å². The summed E-state index contributed by atoms with van der Waals surface area (Å²) >= 11 is 3.35. The summed E-state index contributed by atoms with van der Waals surface area (Å²) in [6, 6.07) is 3.45. The fourth-order valence-electron chi connectivity index (χ4n) is 2.29. The Hall–Kier alpha value is -1.37. The Kier molecular flexibility index (Phi) is 6.22. The molecule has 116 valence electrons. The standard InChI is InChI=1S/C14H20BrN3O3/c1-20-12-6-7-13(17-16-12)21-11-4-3-9-18(10-11)14(19)5-2-8-15/h6-7,11H,2-5,8-10H2,1H3. The lowest BCUT2D eigenvalue weighted by Gasteiger charge is -2.32. The van der Waals surface area contributed by atoms with Gasteiger partial charge in [-0.05, 0) is 19.3 Å². The molecule has 1 aliphatic heterocycles. The number of rotatable bonds is 6. The lowest BCUT2D eigenvalue weighted by Crippen LogP contribution is -2.44. The van der Waals surface area contributed by atoms with Crippen molar-refractivity contribution in [2.24, 2.45) is 0 Å². The molecule has 2 heterocycles. The van der Waals surface area contributed by atoms with Crippen molar-refractivity contribution in [1.82, 2.24) is 15.1 Å². The number of methoxy groups -OCH3 is 1. The fourth-order valence-corrected chi connectivity index (χ4v) is 2.57. The van der Waals surface area contributed by atoms with E-state index >= 15 is 0 Å². The van der Waals surface area contributed by atoms with E-state index in [4.69, 9.17) is 9.47 Å². The number of hydrogen-bond donors (Lipinski definition) is 0. The predicted molar refractivity (Wildman–Crippen MR) is 81.8 cm³/mol. The minimum atomic E-state index is -0.0191. The van der Waals surface area contributed by atoms with Gasteiger partial charge in [0.05, 0.1) is 13.7 Å². The van der Waals surface area contributed by atoms with Crippen LogP contribution in [-0.4, -0.2) is 52.6 Å². The summed E-state index contributed by atoms with van der Waals surface area (Å²) in [6.07, 6.45) is 3.31. The molecule has 0 aromatic carbocycles. The third-order valence-corrected chi connectivity index (χ3v) is 3.93. The van der Waals surface area contributed by atoms with Crippen LogP contribution in [-0.2, 0) is 4.79 Å². The molecule has 0 bridgehead atoms. The number of amides is 1. The van der Waals surface area contributed by atoms with E-state index in [0.717, 1.165) is 31.1 Å². The second kappa shape index (κ2) is 8.17. The van der Waals surface area contributed by atoms with Gasteiger partial charge in [0.1, 0.15) is 6.10 Å². The zero-order chi connectivity index (χ0) is 15.1. The molecule has 7 heteroatoms. The van der Waals surface area contributed by atoms with Crippen molar-refractivity contribution >= 4 is 21.8 Å². The van der Waals surface area contributed by atoms with Crippen molar-refractivity contribution in [3.05, 3.63) is 12.1 Å². The quantitative estimate of drug-likeness (QED) is 0.728. The molecule has 0 N–H and O–H groups in total. The highest BCUT2D eigenvalue weighted by atomic mass is 79.9. The number of ether oxygens (including phenoxy) is 2. The van der Waals surface area contributed by atoms with Gasteiger partial charge in [0.2, 0.25) is 17.7 Å². The molecule has 6 nitrogen and oxygen atoms in total. The average Bonchev–Trinajstić information content (AvgIpc) is 2.53. The van der Waals surface area contributed by atoms with Crippen LogP contribution < -0.4 is 9.47 Å². The van der Waals surface area contributed by atoms with Crippen molar-refractivity contribution in [3.63, 3.8) is 0 Å². The highest BCUT2D eigenvalue weighted by molar-refractivity contribution is 9.09. The molecule has 0 spiro atoms. The third-order valence-electron chi connectivity index (χ3n) is 3.37. The Morgan fingerprint density at radius 1 is 1.43 bits per heavy atom. The molecule has 0 aliphatic carbocycles. The first-order valence-electron chi connectivity index (χ1n) is 7.11. The van der Waals surface area contributed by atoms with Gasteiger partial charge in [-0.25, -0.2) is 0 Å². The van der Waals surface area contributed by atoms with Crippen molar-refractivity contribution in [2.45, 2.75) is 31.8 Å². The van der Waals surface area contributed by atoms with E-state index in [1.54, 1.807) is 19.2 Å². The van der Waals surface area contributed by atoms with Gasteiger partial charge in [-0.1, -0.05) is 15.9 Å². The third kappa shape index (κ3) is 4.84. The number of nitrogens with zero attached hydrogens (tertiary/aromatic N) is 3. The zero-order valence-corrected chi connectivity index (χ0v) is 13.7. The largest absolute Gasteiger partial charge is 0.480 e. The van der Waals surface area contributed by atoms with Crippen LogP contribution in [0.4, 0.5) is 0 Å². The number of piperidine rings is 1. The van der Waals surface area contributed by atoms with Crippen LogP contribution >= 0.6 is 15.9 Å². The van der Waals surface area contributed by atoms with Gasteiger partial charge in [0.15, 0.2) is 0 Å². The predicted octanol–water partition coefficient (Wildman–Crippen LogP) is 2.03. The van der Waals surface area contributed by atoms with Gasteiger partial charge < -0.3 is 14.4 Å². The number of carbonyl (C=O) groups excluding carboxylic acids is 1. The molecule has 1 saturated heterocycles. The summed E-state index contributed by atoms with van der Waals surface area (Å²) in [6.45, 7) is 1.43. The van der Waals surface area contributed by atoms with Gasteiger partial charge >= 0.3 is 0 Å². The summed E-state index contributed by atoms with van der Waals surface area (Å²) in [7, 11) is 1.54. The maximum Gasteiger partial charge on any atom is 0.233 e. The summed E-state index contributed by atoms with van der Waals surface area (Å²) in [4.78, 5) is 13.9. The van der Waals surface area contributed by atoms with E-state index < -0.39 is 0 Å². The lowest BCUT2D eigenvalue weighted by atomic mass is 10.1. The molecule has 1 amide bonds. The topological polar surface area (TPSA) is 64.6 Å². The van der Waals surface area contributed by atoms with E-state index in [1.807, 2.05) is 4.90 Å². The SMILES string of the molecule is COc1ccc(OC2CCCN(C(=O)CCCBr)C2)nn1. The molecule has 0 radical (unpaired) electrons. The Balaban J connectivity index is 1.86. The van der Waals surface area contributed by atoms with E-state index in [1.165, 1.54) is 0 Å². The maximum absolute atomic E-state index is 12.0.